The zero-order valence-corrected chi connectivity index (χ0v) is 18.0. The van der Waals surface area contributed by atoms with E-state index >= 15 is 0 Å². The Morgan fingerprint density at radius 3 is 2.78 bits per heavy atom. The molecule has 0 bridgehead atoms. The summed E-state index contributed by atoms with van der Waals surface area (Å²) in [6.07, 6.45) is 0.121. The lowest BCUT2D eigenvalue weighted by Gasteiger charge is -2.36. The molecule has 2 aromatic heterocycles. The van der Waals surface area contributed by atoms with Crippen molar-refractivity contribution in [2.45, 2.75) is 38.3 Å². The Labute approximate surface area is 186 Å². The first-order valence-corrected chi connectivity index (χ1v) is 10.7. The number of rotatable bonds is 3. The van der Waals surface area contributed by atoms with Crippen LogP contribution in [0.2, 0.25) is 5.02 Å². The van der Waals surface area contributed by atoms with Gasteiger partial charge in [0.15, 0.2) is 0 Å². The molecule has 168 valence electrons. The molecule has 10 heteroatoms. The summed E-state index contributed by atoms with van der Waals surface area (Å²) in [5, 5.41) is 0.498. The van der Waals surface area contributed by atoms with Gasteiger partial charge in [-0.05, 0) is 30.7 Å². The maximum absolute atomic E-state index is 14.9. The lowest BCUT2D eigenvalue weighted by atomic mass is 10.1. The first-order valence-electron chi connectivity index (χ1n) is 10.4. The highest BCUT2D eigenvalue weighted by Gasteiger charge is 2.39. The van der Waals surface area contributed by atoms with E-state index in [0.717, 1.165) is 13.3 Å². The zero-order chi connectivity index (χ0) is 22.6. The lowest BCUT2D eigenvalue weighted by Crippen LogP contribution is -2.50. The van der Waals surface area contributed by atoms with Gasteiger partial charge in [0.25, 0.3) is 11.5 Å². The van der Waals surface area contributed by atoms with Crippen molar-refractivity contribution in [1.29, 1.82) is 0 Å². The van der Waals surface area contributed by atoms with Crippen LogP contribution in [-0.2, 0) is 17.7 Å². The van der Waals surface area contributed by atoms with Crippen molar-refractivity contribution >= 4 is 28.3 Å². The van der Waals surface area contributed by atoms with Crippen LogP contribution in [0.25, 0.3) is 22.2 Å². The molecule has 6 nitrogen and oxygen atoms in total. The third kappa shape index (κ3) is 3.63. The fourth-order valence-electron chi connectivity index (χ4n) is 4.27. The number of anilines is 1. The van der Waals surface area contributed by atoms with Gasteiger partial charge in [0.05, 0.1) is 18.5 Å². The van der Waals surface area contributed by atoms with Crippen LogP contribution in [0.1, 0.15) is 19.2 Å². The fourth-order valence-corrected chi connectivity index (χ4v) is 4.42. The number of ether oxygens (including phenoxy) is 1. The largest absolute Gasteiger partial charge is 0.368 e. The summed E-state index contributed by atoms with van der Waals surface area (Å²) in [6.45, 7) is 1.65. The van der Waals surface area contributed by atoms with E-state index in [-0.39, 0.29) is 40.4 Å². The van der Waals surface area contributed by atoms with Crippen LogP contribution in [0.5, 0.6) is 0 Å². The maximum Gasteiger partial charge on any atom is 0.272 e. The molecule has 0 radical (unpaired) electrons. The summed E-state index contributed by atoms with van der Waals surface area (Å²) in [4.78, 5) is 24.1. The number of benzene rings is 1. The first kappa shape index (κ1) is 21.2. The van der Waals surface area contributed by atoms with Crippen molar-refractivity contribution in [3.63, 3.8) is 0 Å². The van der Waals surface area contributed by atoms with Gasteiger partial charge in [0.1, 0.15) is 34.8 Å². The molecule has 5 rings (SSSR count). The van der Waals surface area contributed by atoms with Crippen LogP contribution in [0.3, 0.4) is 0 Å². The van der Waals surface area contributed by atoms with Gasteiger partial charge < -0.3 is 9.64 Å². The van der Waals surface area contributed by atoms with E-state index in [1.165, 1.54) is 18.2 Å². The molecule has 2 aliphatic rings. The highest BCUT2D eigenvalue weighted by Crippen LogP contribution is 2.33. The maximum atomic E-state index is 14.9. The number of alkyl halides is 2. The number of morpholine rings is 1. The van der Waals surface area contributed by atoms with E-state index in [4.69, 9.17) is 16.3 Å². The van der Waals surface area contributed by atoms with Gasteiger partial charge in [0, 0.05) is 37.0 Å². The Hall–Kier alpha value is -2.65. The second-order valence-corrected chi connectivity index (χ2v) is 8.64. The van der Waals surface area contributed by atoms with Crippen molar-refractivity contribution in [3.8, 4) is 11.3 Å². The van der Waals surface area contributed by atoms with Crippen molar-refractivity contribution in [3.05, 3.63) is 51.3 Å². The van der Waals surface area contributed by atoms with E-state index in [1.807, 2.05) is 0 Å². The summed E-state index contributed by atoms with van der Waals surface area (Å²) >= 11 is 5.91. The molecule has 32 heavy (non-hydrogen) atoms. The number of aromatic nitrogens is 3. The topological polar surface area (TPSA) is 60.2 Å². The Morgan fingerprint density at radius 2 is 2.03 bits per heavy atom. The molecule has 1 saturated heterocycles. The molecule has 0 spiro atoms. The molecule has 0 N–H and O–H groups in total. The van der Waals surface area contributed by atoms with Gasteiger partial charge in [-0.2, -0.15) is 0 Å². The van der Waals surface area contributed by atoms with Crippen molar-refractivity contribution in [2.24, 2.45) is 0 Å². The zero-order valence-electron chi connectivity index (χ0n) is 17.2. The Bertz CT molecular complexity index is 1270. The standard InChI is InChI=1S/C22H20ClF3N4O2/c1-22(25,26)16-11-29(7-8-32-16)18-10-14-20(27-17-3-2-6-30(17)21(14)31)19(28-18)13-5-4-12(23)9-15(13)24/h4-5,9-10,16H,2-3,6-8,11H2,1H3. The van der Waals surface area contributed by atoms with Crippen LogP contribution >= 0.6 is 11.6 Å². The number of fused-ring (bicyclic) bond motifs is 2. The highest BCUT2D eigenvalue weighted by molar-refractivity contribution is 6.30. The second-order valence-electron chi connectivity index (χ2n) is 8.20. The van der Waals surface area contributed by atoms with Crippen LogP contribution in [0, 0.1) is 5.82 Å². The van der Waals surface area contributed by atoms with Gasteiger partial charge in [0.2, 0.25) is 0 Å². The second kappa shape index (κ2) is 7.74. The van der Waals surface area contributed by atoms with Crippen LogP contribution < -0.4 is 10.5 Å². The van der Waals surface area contributed by atoms with E-state index in [2.05, 4.69) is 9.97 Å². The lowest BCUT2D eigenvalue weighted by molar-refractivity contribution is -0.128. The van der Waals surface area contributed by atoms with Crippen LogP contribution in [-0.4, -0.2) is 46.3 Å². The van der Waals surface area contributed by atoms with Gasteiger partial charge in [-0.15, -0.1) is 0 Å². The number of hydrogen-bond acceptors (Lipinski definition) is 5. The number of halogens is 4. The fraction of sp³-hybridized carbons (Fsp3) is 0.409. The average molecular weight is 465 g/mol. The van der Waals surface area contributed by atoms with Crippen molar-refractivity contribution in [2.75, 3.05) is 24.6 Å². The molecule has 0 saturated carbocycles. The predicted molar refractivity (Wildman–Crippen MR) is 115 cm³/mol. The minimum atomic E-state index is -3.04. The molecule has 3 aromatic rings. The van der Waals surface area contributed by atoms with Gasteiger partial charge in [-0.1, -0.05) is 11.6 Å². The molecular formula is C22H20ClF3N4O2. The monoisotopic (exact) mass is 464 g/mol. The number of aryl methyl sites for hydroxylation is 1. The van der Waals surface area contributed by atoms with Gasteiger partial charge in [-0.3, -0.25) is 9.36 Å². The molecular weight excluding hydrogens is 445 g/mol. The quantitative estimate of drug-likeness (QED) is 0.585. The molecule has 0 amide bonds. The summed E-state index contributed by atoms with van der Waals surface area (Å²) in [6, 6.07) is 5.74. The number of hydrogen-bond donors (Lipinski definition) is 0. The Kier molecular flexibility index (Phi) is 5.13. The Morgan fingerprint density at radius 1 is 1.22 bits per heavy atom. The summed E-state index contributed by atoms with van der Waals surface area (Å²) in [7, 11) is 0. The normalized spacial score (nSPS) is 18.9. The van der Waals surface area contributed by atoms with Gasteiger partial charge in [-0.25, -0.2) is 23.1 Å². The van der Waals surface area contributed by atoms with Crippen molar-refractivity contribution in [1.82, 2.24) is 14.5 Å². The molecule has 1 atom stereocenters. The van der Waals surface area contributed by atoms with Gasteiger partial charge >= 0.3 is 0 Å². The van der Waals surface area contributed by atoms with Crippen LogP contribution in [0.4, 0.5) is 19.0 Å². The van der Waals surface area contributed by atoms with Crippen LogP contribution in [0.15, 0.2) is 29.1 Å². The molecule has 2 aliphatic heterocycles. The third-order valence-corrected chi connectivity index (χ3v) is 6.17. The minimum absolute atomic E-state index is 0.0832. The smallest absolute Gasteiger partial charge is 0.272 e. The molecule has 4 heterocycles. The molecule has 1 unspecified atom stereocenters. The predicted octanol–water partition coefficient (Wildman–Crippen LogP) is 4.06. The Balaban J connectivity index is 1.72. The van der Waals surface area contributed by atoms with E-state index in [0.29, 0.717) is 36.7 Å². The van der Waals surface area contributed by atoms with E-state index < -0.39 is 17.8 Å². The van der Waals surface area contributed by atoms with E-state index in [9.17, 15) is 18.0 Å². The SMILES string of the molecule is CC(F)(F)C1CN(c2cc3c(=O)n4c(nc3c(-c3ccc(Cl)cc3F)n2)CCC4)CCO1. The highest BCUT2D eigenvalue weighted by atomic mass is 35.5. The minimum Gasteiger partial charge on any atom is -0.368 e. The molecule has 0 aliphatic carbocycles. The summed E-state index contributed by atoms with van der Waals surface area (Å²) in [5.41, 5.74) is 0.373. The average Bonchev–Trinajstić information content (AvgIpc) is 3.22. The molecule has 1 fully saturated rings. The summed E-state index contributed by atoms with van der Waals surface area (Å²) in [5.74, 6) is -2.71. The first-order chi connectivity index (χ1) is 15.2. The van der Waals surface area contributed by atoms with E-state index in [1.54, 1.807) is 15.5 Å². The third-order valence-electron chi connectivity index (χ3n) is 5.93. The number of nitrogens with zero attached hydrogens (tertiary/aromatic N) is 4. The van der Waals surface area contributed by atoms with Crippen molar-refractivity contribution < 1.29 is 17.9 Å². The molecule has 1 aromatic carbocycles. The number of pyridine rings is 1. The summed E-state index contributed by atoms with van der Waals surface area (Å²) < 4.78 is 49.5.